The number of urea groups is 1. The summed E-state index contributed by atoms with van der Waals surface area (Å²) in [5.41, 5.74) is 0. The summed E-state index contributed by atoms with van der Waals surface area (Å²) in [5.74, 6) is 1.09. The van der Waals surface area contributed by atoms with Crippen LogP contribution in [-0.2, 0) is 0 Å². The van der Waals surface area contributed by atoms with Crippen LogP contribution >= 0.6 is 11.3 Å². The molecule has 1 N–H and O–H groups in total. The number of amides is 2. The topological polar surface area (TPSA) is 54.5 Å². The fraction of sp³-hybridized carbons (Fsp3) is 0.412. The van der Waals surface area contributed by atoms with Gasteiger partial charge in [-0.25, -0.2) is 4.79 Å². The van der Waals surface area contributed by atoms with Crippen molar-refractivity contribution in [3.63, 3.8) is 0 Å². The summed E-state index contributed by atoms with van der Waals surface area (Å²) in [7, 11) is 0. The zero-order valence-corrected chi connectivity index (χ0v) is 14.0. The van der Waals surface area contributed by atoms with Crippen molar-refractivity contribution in [2.45, 2.75) is 25.4 Å². The maximum absolute atomic E-state index is 12.3. The van der Waals surface area contributed by atoms with Gasteiger partial charge >= 0.3 is 6.03 Å². The molecular formula is C17H21N3O2S. The Hall–Kier alpha value is -2.08. The van der Waals surface area contributed by atoms with Gasteiger partial charge in [-0.05, 0) is 23.6 Å². The van der Waals surface area contributed by atoms with Crippen molar-refractivity contribution >= 4 is 17.4 Å². The number of thiophene rings is 1. The van der Waals surface area contributed by atoms with Gasteiger partial charge in [-0.2, -0.15) is 0 Å². The Bertz CT molecular complexity index is 618. The highest BCUT2D eigenvalue weighted by Crippen LogP contribution is 2.20. The molecule has 1 fully saturated rings. The highest BCUT2D eigenvalue weighted by Gasteiger charge is 2.27. The van der Waals surface area contributed by atoms with E-state index in [0.717, 1.165) is 18.7 Å². The molecule has 0 bridgehead atoms. The van der Waals surface area contributed by atoms with E-state index in [1.54, 1.807) is 23.7 Å². The summed E-state index contributed by atoms with van der Waals surface area (Å²) < 4.78 is 5.86. The number of aromatic nitrogens is 1. The summed E-state index contributed by atoms with van der Waals surface area (Å²) >= 11 is 1.73. The second kappa shape index (κ2) is 7.46. The zero-order chi connectivity index (χ0) is 16.1. The van der Waals surface area contributed by atoms with E-state index in [0.29, 0.717) is 19.0 Å². The number of nitrogens with one attached hydrogen (secondary N) is 1. The van der Waals surface area contributed by atoms with Crippen LogP contribution in [0.15, 0.2) is 42.0 Å². The summed E-state index contributed by atoms with van der Waals surface area (Å²) in [5, 5.41) is 5.09. The molecule has 1 aliphatic rings. The minimum atomic E-state index is -0.00862. The quantitative estimate of drug-likeness (QED) is 0.916. The van der Waals surface area contributed by atoms with E-state index in [1.807, 2.05) is 23.1 Å². The van der Waals surface area contributed by atoms with Gasteiger partial charge in [-0.1, -0.05) is 13.0 Å². The van der Waals surface area contributed by atoms with Crippen LogP contribution in [0, 0.1) is 0 Å². The Morgan fingerprint density at radius 1 is 1.52 bits per heavy atom. The minimum absolute atomic E-state index is 0.00862. The first-order valence-corrected chi connectivity index (χ1v) is 8.73. The van der Waals surface area contributed by atoms with E-state index >= 15 is 0 Å². The van der Waals surface area contributed by atoms with Crippen LogP contribution in [0.2, 0.25) is 0 Å². The molecular weight excluding hydrogens is 310 g/mol. The first-order valence-electron chi connectivity index (χ1n) is 7.85. The molecule has 6 heteroatoms. The van der Waals surface area contributed by atoms with Crippen LogP contribution in [0.1, 0.15) is 24.1 Å². The molecule has 5 nitrogen and oxygen atoms in total. The Kier molecular flexibility index (Phi) is 5.12. The lowest BCUT2D eigenvalue weighted by molar-refractivity contribution is 0.186. The number of ether oxygens (including phenoxy) is 1. The molecule has 3 heterocycles. The van der Waals surface area contributed by atoms with Crippen molar-refractivity contribution in [2.75, 3.05) is 19.6 Å². The second-order valence-electron chi connectivity index (χ2n) is 5.77. The van der Waals surface area contributed by atoms with E-state index in [2.05, 4.69) is 28.7 Å². The molecule has 3 rings (SSSR count). The molecule has 1 aliphatic heterocycles. The molecule has 2 atom stereocenters. The van der Waals surface area contributed by atoms with E-state index in [1.165, 1.54) is 4.88 Å². The fourth-order valence-corrected chi connectivity index (χ4v) is 3.43. The highest BCUT2D eigenvalue weighted by molar-refractivity contribution is 7.10. The molecule has 2 aromatic heterocycles. The van der Waals surface area contributed by atoms with Gasteiger partial charge in [-0.3, -0.25) is 4.98 Å². The smallest absolute Gasteiger partial charge is 0.317 e. The third-order valence-electron chi connectivity index (χ3n) is 3.96. The summed E-state index contributed by atoms with van der Waals surface area (Å²) in [6.07, 6.45) is 4.31. The van der Waals surface area contributed by atoms with E-state index in [9.17, 15) is 4.79 Å². The fourth-order valence-electron chi connectivity index (χ4n) is 2.64. The number of nitrogens with zero attached hydrogens (tertiary/aromatic N) is 2. The van der Waals surface area contributed by atoms with E-state index in [-0.39, 0.29) is 12.1 Å². The summed E-state index contributed by atoms with van der Waals surface area (Å²) in [6.45, 7) is 4.13. The second-order valence-corrected chi connectivity index (χ2v) is 6.75. The molecule has 1 saturated heterocycles. The van der Waals surface area contributed by atoms with E-state index in [4.69, 9.17) is 4.74 Å². The van der Waals surface area contributed by atoms with Crippen molar-refractivity contribution in [3.05, 3.63) is 46.9 Å². The van der Waals surface area contributed by atoms with Gasteiger partial charge in [0.1, 0.15) is 11.9 Å². The molecule has 0 unspecified atom stereocenters. The third kappa shape index (κ3) is 4.22. The third-order valence-corrected chi connectivity index (χ3v) is 5.06. The standard InChI is InChI=1S/C17H21N3O2S/c1-13(16-5-3-9-23-16)10-19-17(21)20-8-6-15(12-20)22-14-4-2-7-18-11-14/h2-5,7,9,11,13,15H,6,8,10,12H2,1H3,(H,19,21)/t13-,15-/m0/s1. The lowest BCUT2D eigenvalue weighted by Gasteiger charge is -2.19. The monoisotopic (exact) mass is 331 g/mol. The normalized spacial score (nSPS) is 18.7. The molecule has 0 aliphatic carbocycles. The number of pyridine rings is 1. The van der Waals surface area contributed by atoms with Gasteiger partial charge in [-0.15, -0.1) is 11.3 Å². The lowest BCUT2D eigenvalue weighted by Crippen LogP contribution is -2.40. The number of likely N-dealkylation sites (tertiary alicyclic amines) is 1. The Balaban J connectivity index is 1.44. The molecule has 122 valence electrons. The Labute approximate surface area is 140 Å². The van der Waals surface area contributed by atoms with E-state index < -0.39 is 0 Å². The molecule has 0 spiro atoms. The van der Waals surface area contributed by atoms with Crippen molar-refractivity contribution in [1.82, 2.24) is 15.2 Å². The average molecular weight is 331 g/mol. The van der Waals surface area contributed by atoms with Gasteiger partial charge in [0.25, 0.3) is 0 Å². The van der Waals surface area contributed by atoms with Crippen molar-refractivity contribution in [1.29, 1.82) is 0 Å². The maximum Gasteiger partial charge on any atom is 0.317 e. The van der Waals surface area contributed by atoms with Gasteiger partial charge in [0.05, 0.1) is 12.7 Å². The van der Waals surface area contributed by atoms with Crippen molar-refractivity contribution in [3.8, 4) is 5.75 Å². The van der Waals surface area contributed by atoms with Crippen LogP contribution < -0.4 is 10.1 Å². The number of hydrogen-bond donors (Lipinski definition) is 1. The van der Waals surface area contributed by atoms with Gasteiger partial charge in [0.2, 0.25) is 0 Å². The molecule has 2 aromatic rings. The van der Waals surface area contributed by atoms with Crippen LogP contribution in [0.5, 0.6) is 5.75 Å². The highest BCUT2D eigenvalue weighted by atomic mass is 32.1. The van der Waals surface area contributed by atoms with Crippen LogP contribution in [0.4, 0.5) is 4.79 Å². The van der Waals surface area contributed by atoms with Crippen LogP contribution in [0.3, 0.4) is 0 Å². The molecule has 0 aromatic carbocycles. The zero-order valence-electron chi connectivity index (χ0n) is 13.1. The van der Waals surface area contributed by atoms with Crippen LogP contribution in [0.25, 0.3) is 0 Å². The lowest BCUT2D eigenvalue weighted by atomic mass is 10.1. The number of rotatable bonds is 5. The maximum atomic E-state index is 12.3. The van der Waals surface area contributed by atoms with Crippen LogP contribution in [-0.4, -0.2) is 41.7 Å². The Morgan fingerprint density at radius 2 is 2.43 bits per heavy atom. The summed E-state index contributed by atoms with van der Waals surface area (Å²) in [4.78, 5) is 19.4. The molecule has 0 radical (unpaired) electrons. The minimum Gasteiger partial charge on any atom is -0.487 e. The summed E-state index contributed by atoms with van der Waals surface area (Å²) in [6, 6.07) is 7.87. The number of carbonyl (C=O) groups is 1. The number of hydrogen-bond acceptors (Lipinski definition) is 4. The van der Waals surface area contributed by atoms with Crippen molar-refractivity contribution in [2.24, 2.45) is 0 Å². The Morgan fingerprint density at radius 3 is 3.17 bits per heavy atom. The molecule has 0 saturated carbocycles. The predicted molar refractivity (Wildman–Crippen MR) is 91.0 cm³/mol. The first-order chi connectivity index (χ1) is 11.2. The molecule has 2 amide bonds. The predicted octanol–water partition coefficient (Wildman–Crippen LogP) is 3.11. The SMILES string of the molecule is C[C@@H](CNC(=O)N1CC[C@H](Oc2cccnc2)C1)c1cccs1. The van der Waals surface area contributed by atoms with Crippen molar-refractivity contribution < 1.29 is 9.53 Å². The first kappa shape index (κ1) is 15.8. The molecule has 23 heavy (non-hydrogen) atoms. The largest absolute Gasteiger partial charge is 0.487 e. The van der Waals surface area contributed by atoms with Gasteiger partial charge < -0.3 is 15.0 Å². The average Bonchev–Trinajstić information content (AvgIpc) is 3.25. The number of carbonyl (C=O) groups excluding carboxylic acids is 1. The van der Waals surface area contributed by atoms with Gasteiger partial charge in [0, 0.05) is 36.5 Å². The van der Waals surface area contributed by atoms with Gasteiger partial charge in [0.15, 0.2) is 0 Å².